The maximum absolute atomic E-state index is 13.2. The molecule has 0 amide bonds. The summed E-state index contributed by atoms with van der Waals surface area (Å²) in [4.78, 5) is 34.2. The molecule has 2 aromatic carbocycles. The van der Waals surface area contributed by atoms with Gasteiger partial charge in [-0.15, -0.1) is 11.3 Å². The van der Waals surface area contributed by atoms with Gasteiger partial charge in [0, 0.05) is 23.3 Å². The highest BCUT2D eigenvalue weighted by Crippen LogP contribution is 2.36. The molecule has 13 heteroatoms. The highest BCUT2D eigenvalue weighted by atomic mass is 32.1. The van der Waals surface area contributed by atoms with Gasteiger partial charge >= 0.3 is 13.1 Å². The molecule has 0 fully saturated rings. The first-order valence-corrected chi connectivity index (χ1v) is 12.5. The number of nitrogens with zero attached hydrogens (tertiary/aromatic N) is 2. The zero-order valence-electron chi connectivity index (χ0n) is 20.4. The molecule has 0 spiro atoms. The molecule has 1 aliphatic rings. The van der Waals surface area contributed by atoms with E-state index < -0.39 is 24.7 Å². The molecular weight excluding hydrogens is 511 g/mol. The van der Waals surface area contributed by atoms with Gasteiger partial charge in [-0.25, -0.2) is 9.78 Å². The van der Waals surface area contributed by atoms with Crippen LogP contribution in [0.3, 0.4) is 0 Å². The summed E-state index contributed by atoms with van der Waals surface area (Å²) in [7, 11) is -1.38. The number of aromatic carboxylic acids is 1. The molecule has 196 valence electrons. The molecule has 5 N–H and O–H groups in total. The van der Waals surface area contributed by atoms with Crippen LogP contribution in [0.1, 0.15) is 40.5 Å². The number of carbonyl (C=O) groups excluding carboxylic acids is 1. The second-order valence-electron chi connectivity index (χ2n) is 8.54. The Hall–Kier alpha value is -4.23. The molecule has 3 aromatic rings. The molecular formula is C25H25BN4O7S. The van der Waals surface area contributed by atoms with Crippen molar-refractivity contribution in [2.45, 2.75) is 25.6 Å². The lowest BCUT2D eigenvalue weighted by molar-refractivity contribution is -0.113. The van der Waals surface area contributed by atoms with Crippen LogP contribution in [0.25, 0.3) is 0 Å². The maximum atomic E-state index is 13.2. The van der Waals surface area contributed by atoms with Crippen LogP contribution in [0.2, 0.25) is 5.82 Å². The zero-order chi connectivity index (χ0) is 27.2. The smallest absolute Gasteiger partial charge is 0.526 e. The molecule has 0 radical (unpaired) electrons. The van der Waals surface area contributed by atoms with Gasteiger partial charge in [0.15, 0.2) is 23.2 Å². The Kier molecular flexibility index (Phi) is 8.39. The van der Waals surface area contributed by atoms with E-state index in [0.29, 0.717) is 17.0 Å². The quantitative estimate of drug-likeness (QED) is 0.124. The number of hydrogen-bond donors (Lipinski definition) is 4. The van der Waals surface area contributed by atoms with Gasteiger partial charge in [0.2, 0.25) is 0 Å². The standard InChI is InChI=1S/C25H25BN4O7S/c1-14(27)15-5-7-18(8-6-15)35-9-10-36-30-22(20-13-38-25(28)29-20)21(31)12-17-11-16-3-2-4-19(24(32)33)23(16)37-26(17)34/h2-8,13,17,27,34H,9-12H2,1H3,(H2,28,29)(H,32,33)/b27-14?,30-22-/t17-/m1/s1. The number of carbonyl (C=O) groups is 2. The highest BCUT2D eigenvalue weighted by Gasteiger charge is 2.38. The third-order valence-corrected chi connectivity index (χ3v) is 6.49. The number of nitrogens with two attached hydrogens (primary N) is 1. The molecule has 1 aromatic heterocycles. The van der Waals surface area contributed by atoms with Crippen molar-refractivity contribution in [2.75, 3.05) is 18.9 Å². The molecule has 0 aliphatic carbocycles. The largest absolute Gasteiger partial charge is 0.535 e. The van der Waals surface area contributed by atoms with Crippen LogP contribution in [-0.2, 0) is 16.1 Å². The number of aromatic nitrogens is 1. The van der Waals surface area contributed by atoms with Crippen LogP contribution < -0.4 is 15.1 Å². The van der Waals surface area contributed by atoms with E-state index in [4.69, 9.17) is 25.4 Å². The first-order valence-electron chi connectivity index (χ1n) is 11.7. The Morgan fingerprint density at radius 3 is 2.68 bits per heavy atom. The summed E-state index contributed by atoms with van der Waals surface area (Å²) in [6, 6.07) is 11.7. The van der Waals surface area contributed by atoms with Crippen molar-refractivity contribution in [1.82, 2.24) is 4.98 Å². The number of nitrogens with one attached hydrogen (secondary N) is 1. The van der Waals surface area contributed by atoms with Crippen LogP contribution in [0.15, 0.2) is 53.0 Å². The Balaban J connectivity index is 1.41. The summed E-state index contributed by atoms with van der Waals surface area (Å²) < 4.78 is 11.1. The zero-order valence-corrected chi connectivity index (χ0v) is 21.2. The predicted molar refractivity (Wildman–Crippen MR) is 143 cm³/mol. The van der Waals surface area contributed by atoms with Gasteiger partial charge < -0.3 is 35.5 Å². The lowest BCUT2D eigenvalue weighted by Gasteiger charge is -2.28. The number of benzene rings is 2. The number of anilines is 1. The van der Waals surface area contributed by atoms with Gasteiger partial charge in [-0.2, -0.15) is 0 Å². The van der Waals surface area contributed by atoms with Crippen molar-refractivity contribution in [3.8, 4) is 11.5 Å². The second-order valence-corrected chi connectivity index (χ2v) is 9.43. The van der Waals surface area contributed by atoms with Crippen molar-refractivity contribution in [2.24, 2.45) is 5.16 Å². The minimum atomic E-state index is -1.38. The third kappa shape index (κ3) is 6.36. The fourth-order valence-electron chi connectivity index (χ4n) is 3.91. The van der Waals surface area contributed by atoms with Gasteiger partial charge in [0.05, 0.1) is 5.56 Å². The van der Waals surface area contributed by atoms with Crippen molar-refractivity contribution < 1.29 is 33.9 Å². The number of para-hydroxylation sites is 1. The highest BCUT2D eigenvalue weighted by molar-refractivity contribution is 7.13. The summed E-state index contributed by atoms with van der Waals surface area (Å²) in [5, 5.41) is 33.4. The lowest BCUT2D eigenvalue weighted by Crippen LogP contribution is -2.37. The van der Waals surface area contributed by atoms with Gasteiger partial charge in [-0.3, -0.25) is 4.79 Å². The van der Waals surface area contributed by atoms with Crippen molar-refractivity contribution in [3.05, 3.63) is 70.2 Å². The van der Waals surface area contributed by atoms with Crippen molar-refractivity contribution in [3.63, 3.8) is 0 Å². The van der Waals surface area contributed by atoms with Crippen molar-refractivity contribution >= 4 is 46.8 Å². The molecule has 11 nitrogen and oxygen atoms in total. The van der Waals surface area contributed by atoms with Gasteiger partial charge in [-0.05, 0) is 54.8 Å². The Labute approximate surface area is 222 Å². The number of Topliss-reactive ketones (excluding diaryl/α,β-unsaturated/α-hetero) is 1. The lowest BCUT2D eigenvalue weighted by atomic mass is 9.64. The molecule has 2 heterocycles. The van der Waals surface area contributed by atoms with E-state index in [9.17, 15) is 19.7 Å². The van der Waals surface area contributed by atoms with Crippen LogP contribution in [-0.4, -0.2) is 58.6 Å². The summed E-state index contributed by atoms with van der Waals surface area (Å²) in [5.74, 6) is -1.55. The number of hydrogen-bond acceptors (Lipinski definition) is 11. The molecule has 1 aliphatic heterocycles. The van der Waals surface area contributed by atoms with Crippen LogP contribution in [0, 0.1) is 5.41 Å². The number of fused-ring (bicyclic) bond motifs is 1. The molecule has 0 saturated heterocycles. The number of carboxylic acid groups (broad SMARTS) is 1. The number of nitrogen functional groups attached to an aromatic ring is 1. The van der Waals surface area contributed by atoms with Gasteiger partial charge in [0.25, 0.3) is 0 Å². The number of ketones is 1. The summed E-state index contributed by atoms with van der Waals surface area (Å²) in [6.45, 7) is 1.90. The van der Waals surface area contributed by atoms with E-state index in [1.807, 2.05) is 0 Å². The van der Waals surface area contributed by atoms with Crippen LogP contribution in [0.4, 0.5) is 5.13 Å². The topological polar surface area (TPSA) is 177 Å². The summed E-state index contributed by atoms with van der Waals surface area (Å²) in [6.07, 6.45) is 0.0909. The first-order chi connectivity index (χ1) is 18.2. The monoisotopic (exact) mass is 536 g/mol. The molecule has 0 bridgehead atoms. The van der Waals surface area contributed by atoms with E-state index in [-0.39, 0.29) is 53.9 Å². The molecule has 0 saturated carbocycles. The minimum absolute atomic E-state index is 0.0439. The Bertz CT molecular complexity index is 1380. The number of ether oxygens (including phenoxy) is 1. The summed E-state index contributed by atoms with van der Waals surface area (Å²) >= 11 is 1.14. The molecule has 0 unspecified atom stereocenters. The predicted octanol–water partition coefficient (Wildman–Crippen LogP) is 3.06. The molecule has 1 atom stereocenters. The average Bonchev–Trinajstić information content (AvgIpc) is 3.32. The van der Waals surface area contributed by atoms with E-state index in [0.717, 1.165) is 16.9 Å². The minimum Gasteiger partial charge on any atom is -0.535 e. The Morgan fingerprint density at radius 1 is 1.26 bits per heavy atom. The van der Waals surface area contributed by atoms with E-state index in [1.54, 1.807) is 48.7 Å². The maximum Gasteiger partial charge on any atom is 0.526 e. The van der Waals surface area contributed by atoms with Crippen LogP contribution >= 0.6 is 11.3 Å². The van der Waals surface area contributed by atoms with Gasteiger partial charge in [-0.1, -0.05) is 17.3 Å². The Morgan fingerprint density at radius 2 is 2.03 bits per heavy atom. The number of carboxylic acids is 1. The fourth-order valence-corrected chi connectivity index (χ4v) is 4.45. The van der Waals surface area contributed by atoms with Gasteiger partial charge in [0.1, 0.15) is 23.8 Å². The first kappa shape index (κ1) is 26.8. The van der Waals surface area contributed by atoms with Crippen LogP contribution in [0.5, 0.6) is 11.5 Å². The SMILES string of the molecule is CC(=N)c1ccc(OCCO/N=C(\C(=O)C[C@H]2Cc3cccc(C(=O)O)c3OB2O)c2csc(N)n2)cc1. The number of oxime groups is 1. The molecule has 38 heavy (non-hydrogen) atoms. The fraction of sp³-hybridized carbons (Fsp3) is 0.240. The molecule has 4 rings (SSSR count). The second kappa shape index (κ2) is 11.9. The third-order valence-electron chi connectivity index (χ3n) is 5.81. The normalized spacial score (nSPS) is 14.8. The number of thiazole rings is 1. The number of rotatable bonds is 11. The average molecular weight is 536 g/mol. The van der Waals surface area contributed by atoms with Crippen molar-refractivity contribution in [1.29, 1.82) is 5.41 Å². The van der Waals surface area contributed by atoms with E-state index >= 15 is 0 Å². The van der Waals surface area contributed by atoms with E-state index in [2.05, 4.69) is 10.1 Å². The summed E-state index contributed by atoms with van der Waals surface area (Å²) in [5.41, 5.74) is 7.72. The van der Waals surface area contributed by atoms with E-state index in [1.165, 1.54) is 6.07 Å².